The fraction of sp³-hybridized carbons (Fsp3) is 0.267. The summed E-state index contributed by atoms with van der Waals surface area (Å²) in [4.78, 5) is 4.12. The first-order chi connectivity index (χ1) is 9.20. The maximum Gasteiger partial charge on any atom is 0.137 e. The number of hydrogen-bond acceptors (Lipinski definition) is 3. The Morgan fingerprint density at radius 1 is 1.37 bits per heavy atom. The lowest BCUT2D eigenvalue weighted by molar-refractivity contribution is 0.414. The van der Waals surface area contributed by atoms with Crippen molar-refractivity contribution in [2.45, 2.75) is 19.5 Å². The Labute approximate surface area is 118 Å². The highest BCUT2D eigenvalue weighted by Gasteiger charge is 2.06. The molecule has 0 aliphatic carbocycles. The summed E-state index contributed by atoms with van der Waals surface area (Å²) in [5, 5.41) is 4.08. The Balaban J connectivity index is 1.97. The standard InChI is InChI=1S/C15H17ClN2O/c1-11(13-4-3-7-17-10-13)18-9-12-5-6-15(19-2)14(16)8-12/h3-8,10-11,18H,9H2,1-2H3/t11-/m1/s1. The van der Waals surface area contributed by atoms with Gasteiger partial charge >= 0.3 is 0 Å². The fourth-order valence-electron chi connectivity index (χ4n) is 1.84. The average Bonchev–Trinajstić information content (AvgIpc) is 2.46. The van der Waals surface area contributed by atoms with E-state index in [2.05, 4.69) is 23.3 Å². The number of pyridine rings is 1. The smallest absolute Gasteiger partial charge is 0.137 e. The Kier molecular flexibility index (Phi) is 4.77. The molecule has 1 aromatic carbocycles. The second kappa shape index (κ2) is 6.55. The van der Waals surface area contributed by atoms with Crippen molar-refractivity contribution in [3.8, 4) is 5.75 Å². The SMILES string of the molecule is COc1ccc(CN[C@H](C)c2cccnc2)cc1Cl. The highest BCUT2D eigenvalue weighted by molar-refractivity contribution is 6.32. The molecule has 0 aliphatic rings. The van der Waals surface area contributed by atoms with E-state index in [9.17, 15) is 0 Å². The van der Waals surface area contributed by atoms with Gasteiger partial charge in [-0.25, -0.2) is 0 Å². The Morgan fingerprint density at radius 2 is 2.21 bits per heavy atom. The third-order valence-corrected chi connectivity index (χ3v) is 3.31. The normalized spacial score (nSPS) is 12.2. The van der Waals surface area contributed by atoms with Crippen molar-refractivity contribution in [3.05, 3.63) is 58.9 Å². The summed E-state index contributed by atoms with van der Waals surface area (Å²) in [5.74, 6) is 0.700. The molecule has 1 aromatic heterocycles. The van der Waals surface area contributed by atoms with Gasteiger partial charge in [0.05, 0.1) is 12.1 Å². The van der Waals surface area contributed by atoms with Crippen LogP contribution in [-0.4, -0.2) is 12.1 Å². The molecule has 1 atom stereocenters. The molecule has 1 N–H and O–H groups in total. The van der Waals surface area contributed by atoms with E-state index >= 15 is 0 Å². The van der Waals surface area contributed by atoms with Gasteiger partial charge in [-0.1, -0.05) is 23.7 Å². The summed E-state index contributed by atoms with van der Waals surface area (Å²) >= 11 is 6.10. The number of aromatic nitrogens is 1. The minimum atomic E-state index is 0.245. The van der Waals surface area contributed by atoms with Crippen LogP contribution >= 0.6 is 11.6 Å². The number of nitrogens with one attached hydrogen (secondary N) is 1. The number of hydrogen-bond donors (Lipinski definition) is 1. The van der Waals surface area contributed by atoms with E-state index < -0.39 is 0 Å². The van der Waals surface area contributed by atoms with Crippen molar-refractivity contribution in [1.82, 2.24) is 10.3 Å². The first-order valence-corrected chi connectivity index (χ1v) is 6.54. The van der Waals surface area contributed by atoms with Crippen LogP contribution in [0.3, 0.4) is 0 Å². The Bertz CT molecular complexity index is 531. The molecule has 1 heterocycles. The first kappa shape index (κ1) is 13.8. The molecule has 19 heavy (non-hydrogen) atoms. The van der Waals surface area contributed by atoms with Crippen LogP contribution in [0.15, 0.2) is 42.7 Å². The van der Waals surface area contributed by atoms with Gasteiger partial charge in [0.25, 0.3) is 0 Å². The van der Waals surface area contributed by atoms with E-state index in [0.29, 0.717) is 10.8 Å². The molecular weight excluding hydrogens is 260 g/mol. The van der Waals surface area contributed by atoms with Crippen molar-refractivity contribution in [2.75, 3.05) is 7.11 Å². The van der Waals surface area contributed by atoms with Crippen LogP contribution in [0.5, 0.6) is 5.75 Å². The predicted molar refractivity (Wildman–Crippen MR) is 77.5 cm³/mol. The predicted octanol–water partition coefficient (Wildman–Crippen LogP) is 3.59. The molecule has 0 saturated carbocycles. The van der Waals surface area contributed by atoms with Crippen LogP contribution in [0.2, 0.25) is 5.02 Å². The summed E-state index contributed by atoms with van der Waals surface area (Å²) in [5.41, 5.74) is 2.30. The van der Waals surface area contributed by atoms with Gasteiger partial charge in [-0.15, -0.1) is 0 Å². The summed E-state index contributed by atoms with van der Waals surface area (Å²) in [6, 6.07) is 10.1. The molecular formula is C15H17ClN2O. The number of ether oxygens (including phenoxy) is 1. The lowest BCUT2D eigenvalue weighted by Gasteiger charge is -2.14. The molecule has 0 bridgehead atoms. The molecule has 0 amide bonds. The first-order valence-electron chi connectivity index (χ1n) is 6.16. The maximum absolute atomic E-state index is 6.10. The van der Waals surface area contributed by atoms with Crippen molar-refractivity contribution < 1.29 is 4.74 Å². The van der Waals surface area contributed by atoms with Crippen LogP contribution < -0.4 is 10.1 Å². The van der Waals surface area contributed by atoms with Gasteiger partial charge in [0.15, 0.2) is 0 Å². The van der Waals surface area contributed by atoms with Crippen molar-refractivity contribution in [1.29, 1.82) is 0 Å². The van der Waals surface area contributed by atoms with E-state index in [1.165, 1.54) is 5.56 Å². The molecule has 4 heteroatoms. The minimum Gasteiger partial charge on any atom is -0.495 e. The summed E-state index contributed by atoms with van der Waals surface area (Å²) in [7, 11) is 1.61. The second-order valence-corrected chi connectivity index (χ2v) is 4.77. The van der Waals surface area contributed by atoms with E-state index in [-0.39, 0.29) is 6.04 Å². The molecule has 2 rings (SSSR count). The molecule has 0 radical (unpaired) electrons. The Morgan fingerprint density at radius 3 is 2.84 bits per heavy atom. The summed E-state index contributed by atoms with van der Waals surface area (Å²) in [6.07, 6.45) is 3.65. The highest BCUT2D eigenvalue weighted by atomic mass is 35.5. The molecule has 3 nitrogen and oxygen atoms in total. The lowest BCUT2D eigenvalue weighted by atomic mass is 10.1. The van der Waals surface area contributed by atoms with Crippen molar-refractivity contribution in [3.63, 3.8) is 0 Å². The van der Waals surface area contributed by atoms with Gasteiger partial charge < -0.3 is 10.1 Å². The minimum absolute atomic E-state index is 0.245. The van der Waals surface area contributed by atoms with Crippen LogP contribution in [0.4, 0.5) is 0 Å². The van der Waals surface area contributed by atoms with Crippen molar-refractivity contribution >= 4 is 11.6 Å². The molecule has 0 unspecified atom stereocenters. The number of rotatable bonds is 5. The number of methoxy groups -OCH3 is 1. The lowest BCUT2D eigenvalue weighted by Crippen LogP contribution is -2.18. The van der Waals surface area contributed by atoms with Gasteiger partial charge in [-0.05, 0) is 36.2 Å². The summed E-state index contributed by atoms with van der Waals surface area (Å²) in [6.45, 7) is 2.86. The molecule has 2 aromatic rings. The van der Waals surface area contributed by atoms with E-state index in [1.807, 2.05) is 30.5 Å². The van der Waals surface area contributed by atoms with E-state index in [4.69, 9.17) is 16.3 Å². The van der Waals surface area contributed by atoms with Gasteiger partial charge in [0.2, 0.25) is 0 Å². The third-order valence-electron chi connectivity index (χ3n) is 3.01. The Hall–Kier alpha value is -1.58. The third kappa shape index (κ3) is 3.69. The molecule has 0 saturated heterocycles. The van der Waals surface area contributed by atoms with E-state index in [0.717, 1.165) is 12.1 Å². The van der Waals surface area contributed by atoms with Crippen LogP contribution in [-0.2, 0) is 6.54 Å². The van der Waals surface area contributed by atoms with Crippen LogP contribution in [0, 0.1) is 0 Å². The molecule has 100 valence electrons. The average molecular weight is 277 g/mol. The quantitative estimate of drug-likeness (QED) is 0.906. The highest BCUT2D eigenvalue weighted by Crippen LogP contribution is 2.25. The molecule has 0 aliphatic heterocycles. The number of benzene rings is 1. The number of halogens is 1. The van der Waals surface area contributed by atoms with Crippen LogP contribution in [0.25, 0.3) is 0 Å². The zero-order chi connectivity index (χ0) is 13.7. The van der Waals surface area contributed by atoms with Gasteiger partial charge in [-0.2, -0.15) is 0 Å². The zero-order valence-electron chi connectivity index (χ0n) is 11.1. The van der Waals surface area contributed by atoms with Crippen molar-refractivity contribution in [2.24, 2.45) is 0 Å². The van der Waals surface area contributed by atoms with Crippen LogP contribution in [0.1, 0.15) is 24.1 Å². The monoisotopic (exact) mass is 276 g/mol. The topological polar surface area (TPSA) is 34.1 Å². The van der Waals surface area contributed by atoms with Gasteiger partial charge in [0, 0.05) is 25.0 Å². The second-order valence-electron chi connectivity index (χ2n) is 4.36. The van der Waals surface area contributed by atoms with Gasteiger partial charge in [-0.3, -0.25) is 4.98 Å². The van der Waals surface area contributed by atoms with Gasteiger partial charge in [0.1, 0.15) is 5.75 Å². The fourth-order valence-corrected chi connectivity index (χ4v) is 2.12. The maximum atomic E-state index is 6.10. The van der Waals surface area contributed by atoms with E-state index in [1.54, 1.807) is 13.3 Å². The molecule has 0 fully saturated rings. The molecule has 0 spiro atoms. The number of nitrogens with zero attached hydrogens (tertiary/aromatic N) is 1. The zero-order valence-corrected chi connectivity index (χ0v) is 11.8. The summed E-state index contributed by atoms with van der Waals surface area (Å²) < 4.78 is 5.13. The largest absolute Gasteiger partial charge is 0.495 e.